The molecule has 4 rings (SSSR count). The van der Waals surface area contributed by atoms with Gasteiger partial charge in [0.25, 0.3) is 11.7 Å². The van der Waals surface area contributed by atoms with Gasteiger partial charge in [-0.25, -0.2) is 0 Å². The number of nitrogens with zero attached hydrogens (tertiary/aromatic N) is 2. The molecule has 7 nitrogen and oxygen atoms in total. The summed E-state index contributed by atoms with van der Waals surface area (Å²) < 4.78 is 11.7. The Hall–Kier alpha value is -3.84. The third-order valence-corrected chi connectivity index (χ3v) is 6.74. The molecule has 0 unspecified atom stereocenters. The molecular weight excluding hydrogens is 468 g/mol. The van der Waals surface area contributed by atoms with Gasteiger partial charge < -0.3 is 24.1 Å². The Kier molecular flexibility index (Phi) is 8.14. The van der Waals surface area contributed by atoms with Crippen molar-refractivity contribution in [3.05, 3.63) is 94.4 Å². The van der Waals surface area contributed by atoms with Gasteiger partial charge in [-0.2, -0.15) is 0 Å². The van der Waals surface area contributed by atoms with Gasteiger partial charge in [0.05, 0.1) is 5.57 Å². The van der Waals surface area contributed by atoms with Crippen LogP contribution in [0.1, 0.15) is 48.1 Å². The summed E-state index contributed by atoms with van der Waals surface area (Å²) in [5.74, 6) is 0.181. The summed E-state index contributed by atoms with van der Waals surface area (Å²) in [5.41, 5.74) is 2.69. The zero-order valence-electron chi connectivity index (χ0n) is 21.9. The SMILES string of the molecule is CCN(CC)CCN1C(=O)C(=O)C(=C(O)c2ccc(OCc3cccc(C)c3)cc2)[C@@H]1c1ccc(C)o1. The molecule has 2 heterocycles. The number of hydrogen-bond donors (Lipinski definition) is 1. The van der Waals surface area contributed by atoms with Crippen LogP contribution in [0.15, 0.2) is 70.7 Å². The Morgan fingerprint density at radius 2 is 1.76 bits per heavy atom. The Bertz CT molecular complexity index is 1290. The first-order valence-corrected chi connectivity index (χ1v) is 12.7. The molecule has 1 amide bonds. The molecule has 7 heteroatoms. The molecule has 1 fully saturated rings. The smallest absolute Gasteiger partial charge is 0.295 e. The van der Waals surface area contributed by atoms with E-state index < -0.39 is 17.7 Å². The van der Waals surface area contributed by atoms with Crippen molar-refractivity contribution < 1.29 is 23.8 Å². The number of Topliss-reactive ketones (excluding diaryl/α,β-unsaturated/α-hetero) is 1. The normalized spacial score (nSPS) is 17.1. The first-order chi connectivity index (χ1) is 17.8. The van der Waals surface area contributed by atoms with Crippen LogP contribution in [-0.4, -0.2) is 52.8 Å². The quantitative estimate of drug-likeness (QED) is 0.232. The molecule has 0 spiro atoms. The minimum atomic E-state index is -0.790. The minimum absolute atomic E-state index is 0.0346. The number of likely N-dealkylation sites (N-methyl/N-ethyl adjacent to an activating group) is 1. The van der Waals surface area contributed by atoms with Crippen LogP contribution >= 0.6 is 0 Å². The van der Waals surface area contributed by atoms with Gasteiger partial charge in [-0.1, -0.05) is 43.7 Å². The number of ether oxygens (including phenoxy) is 1. The van der Waals surface area contributed by atoms with Crippen molar-refractivity contribution >= 4 is 17.4 Å². The molecule has 194 valence electrons. The molecule has 1 N–H and O–H groups in total. The lowest BCUT2D eigenvalue weighted by Gasteiger charge is -2.26. The monoisotopic (exact) mass is 502 g/mol. The molecule has 0 radical (unpaired) electrons. The maximum Gasteiger partial charge on any atom is 0.295 e. The van der Waals surface area contributed by atoms with Crippen molar-refractivity contribution in [2.45, 2.75) is 40.3 Å². The summed E-state index contributed by atoms with van der Waals surface area (Å²) in [6.45, 7) is 11.0. The van der Waals surface area contributed by atoms with E-state index >= 15 is 0 Å². The van der Waals surface area contributed by atoms with Gasteiger partial charge in [0.2, 0.25) is 0 Å². The largest absolute Gasteiger partial charge is 0.507 e. The van der Waals surface area contributed by atoms with Crippen molar-refractivity contribution in [1.29, 1.82) is 0 Å². The second-order valence-corrected chi connectivity index (χ2v) is 9.27. The topological polar surface area (TPSA) is 83.2 Å². The molecule has 3 aromatic rings. The Morgan fingerprint density at radius 3 is 2.38 bits per heavy atom. The number of aliphatic hydroxyl groups excluding tert-OH is 1. The van der Waals surface area contributed by atoms with Gasteiger partial charge >= 0.3 is 0 Å². The number of aliphatic hydroxyl groups is 1. The second-order valence-electron chi connectivity index (χ2n) is 9.27. The molecule has 0 saturated carbocycles. The zero-order valence-corrected chi connectivity index (χ0v) is 21.9. The fourth-order valence-electron chi connectivity index (χ4n) is 4.63. The number of benzene rings is 2. The fraction of sp³-hybridized carbons (Fsp3) is 0.333. The fourth-order valence-corrected chi connectivity index (χ4v) is 4.63. The van der Waals surface area contributed by atoms with Gasteiger partial charge in [-0.3, -0.25) is 9.59 Å². The van der Waals surface area contributed by atoms with Gasteiger partial charge in [-0.15, -0.1) is 0 Å². The molecule has 1 saturated heterocycles. The highest BCUT2D eigenvalue weighted by atomic mass is 16.5. The molecular formula is C30H34N2O5. The van der Waals surface area contributed by atoms with E-state index in [0.29, 0.717) is 42.5 Å². The zero-order chi connectivity index (χ0) is 26.5. The molecule has 1 atom stereocenters. The molecule has 1 aromatic heterocycles. The summed E-state index contributed by atoms with van der Waals surface area (Å²) in [7, 11) is 0. The Morgan fingerprint density at radius 1 is 1.03 bits per heavy atom. The first-order valence-electron chi connectivity index (χ1n) is 12.7. The summed E-state index contributed by atoms with van der Waals surface area (Å²) in [5, 5.41) is 11.3. The van der Waals surface area contributed by atoms with E-state index in [1.807, 2.05) is 25.1 Å². The summed E-state index contributed by atoms with van der Waals surface area (Å²) in [6.07, 6.45) is 0. The molecule has 0 bridgehead atoms. The van der Waals surface area contributed by atoms with E-state index in [9.17, 15) is 14.7 Å². The predicted octanol–water partition coefficient (Wildman–Crippen LogP) is 5.24. The van der Waals surface area contributed by atoms with E-state index in [1.165, 1.54) is 4.90 Å². The molecule has 2 aromatic carbocycles. The van der Waals surface area contributed by atoms with Crippen molar-refractivity contribution in [2.24, 2.45) is 0 Å². The lowest BCUT2D eigenvalue weighted by Crippen LogP contribution is -2.37. The van der Waals surface area contributed by atoms with E-state index in [1.54, 1.807) is 43.3 Å². The van der Waals surface area contributed by atoms with E-state index in [2.05, 4.69) is 24.8 Å². The van der Waals surface area contributed by atoms with Crippen molar-refractivity contribution in [1.82, 2.24) is 9.80 Å². The Balaban J connectivity index is 1.61. The van der Waals surface area contributed by atoms with Crippen molar-refractivity contribution in [3.8, 4) is 5.75 Å². The van der Waals surface area contributed by atoms with Crippen LogP contribution in [-0.2, 0) is 16.2 Å². The minimum Gasteiger partial charge on any atom is -0.507 e. The second kappa shape index (κ2) is 11.5. The van der Waals surface area contributed by atoms with Gasteiger partial charge in [0.1, 0.15) is 35.7 Å². The van der Waals surface area contributed by atoms with E-state index in [-0.39, 0.29) is 11.3 Å². The lowest BCUT2D eigenvalue weighted by atomic mass is 9.99. The number of amides is 1. The Labute approximate surface area is 218 Å². The van der Waals surface area contributed by atoms with Crippen molar-refractivity contribution in [2.75, 3.05) is 26.2 Å². The standard InChI is InChI=1S/C30H34N2O5/c1-5-31(6-2)16-17-32-27(25-15-10-21(4)37-25)26(29(34)30(32)35)28(33)23-11-13-24(14-12-23)36-19-22-9-7-8-20(3)18-22/h7-15,18,27,33H,5-6,16-17,19H2,1-4H3/t27-/m0/s1. The molecule has 1 aliphatic heterocycles. The van der Waals surface area contributed by atoms with Crippen LogP contribution in [0.2, 0.25) is 0 Å². The average Bonchev–Trinajstić information content (AvgIpc) is 3.44. The number of furan rings is 1. The van der Waals surface area contributed by atoms with E-state index in [0.717, 1.165) is 24.2 Å². The van der Waals surface area contributed by atoms with Gasteiger partial charge in [0.15, 0.2) is 0 Å². The van der Waals surface area contributed by atoms with Gasteiger partial charge in [0, 0.05) is 18.7 Å². The number of aryl methyl sites for hydroxylation is 2. The maximum absolute atomic E-state index is 13.2. The first kappa shape index (κ1) is 26.2. The predicted molar refractivity (Wildman–Crippen MR) is 142 cm³/mol. The van der Waals surface area contributed by atoms with E-state index in [4.69, 9.17) is 9.15 Å². The highest BCUT2D eigenvalue weighted by Gasteiger charge is 2.47. The number of rotatable bonds is 10. The van der Waals surface area contributed by atoms with Crippen LogP contribution in [0.3, 0.4) is 0 Å². The number of hydrogen-bond acceptors (Lipinski definition) is 6. The number of ketones is 1. The third kappa shape index (κ3) is 5.78. The van der Waals surface area contributed by atoms with Crippen LogP contribution in [0.25, 0.3) is 5.76 Å². The molecule has 37 heavy (non-hydrogen) atoms. The number of carbonyl (C=O) groups is 2. The van der Waals surface area contributed by atoms with Crippen LogP contribution < -0.4 is 4.74 Å². The van der Waals surface area contributed by atoms with Crippen molar-refractivity contribution in [3.63, 3.8) is 0 Å². The van der Waals surface area contributed by atoms with Gasteiger partial charge in [-0.05, 0) is 68.9 Å². The summed E-state index contributed by atoms with van der Waals surface area (Å²) in [4.78, 5) is 29.9. The van der Waals surface area contributed by atoms with Crippen LogP contribution in [0.5, 0.6) is 5.75 Å². The molecule has 0 aliphatic carbocycles. The highest BCUT2D eigenvalue weighted by Crippen LogP contribution is 2.40. The summed E-state index contributed by atoms with van der Waals surface area (Å²) >= 11 is 0. The third-order valence-electron chi connectivity index (χ3n) is 6.74. The van der Waals surface area contributed by atoms with Crippen LogP contribution in [0, 0.1) is 13.8 Å². The lowest BCUT2D eigenvalue weighted by molar-refractivity contribution is -0.140. The average molecular weight is 503 g/mol. The number of carbonyl (C=O) groups excluding carboxylic acids is 2. The molecule has 1 aliphatic rings. The van der Waals surface area contributed by atoms with Crippen LogP contribution in [0.4, 0.5) is 0 Å². The highest BCUT2D eigenvalue weighted by molar-refractivity contribution is 6.46. The summed E-state index contributed by atoms with van der Waals surface area (Å²) in [6, 6.07) is 17.7. The number of likely N-dealkylation sites (tertiary alicyclic amines) is 1. The maximum atomic E-state index is 13.2.